The van der Waals surface area contributed by atoms with Gasteiger partial charge < -0.3 is 15.0 Å². The van der Waals surface area contributed by atoms with Gasteiger partial charge in [0.2, 0.25) is 0 Å². The Balaban J connectivity index is 0.00000208. The van der Waals surface area contributed by atoms with Crippen LogP contribution in [0.15, 0.2) is 42.5 Å². The standard InChI is InChI=1S/C19H24N2O2.ClH/c1-2-12-21(16-10-11-20-13-16)19(22)14-23-18-9-5-7-15-6-3-4-8-17(15)18;/h3-9,16,20H,2,10-14H2,1H3;1H. The molecule has 0 saturated carbocycles. The van der Waals surface area contributed by atoms with Crippen LogP contribution in [0.5, 0.6) is 5.75 Å². The third-order valence-corrected chi connectivity index (χ3v) is 4.36. The summed E-state index contributed by atoms with van der Waals surface area (Å²) in [5.74, 6) is 0.853. The second-order valence-electron chi connectivity index (χ2n) is 6.00. The van der Waals surface area contributed by atoms with Gasteiger partial charge in [-0.05, 0) is 30.8 Å². The molecule has 1 fully saturated rings. The number of nitrogens with zero attached hydrogens (tertiary/aromatic N) is 1. The third-order valence-electron chi connectivity index (χ3n) is 4.36. The smallest absolute Gasteiger partial charge is 0.260 e. The van der Waals surface area contributed by atoms with Crippen LogP contribution in [0, 0.1) is 0 Å². The minimum absolute atomic E-state index is 0. The summed E-state index contributed by atoms with van der Waals surface area (Å²) < 4.78 is 5.86. The predicted molar refractivity (Wildman–Crippen MR) is 100.0 cm³/mol. The van der Waals surface area contributed by atoms with Crippen molar-refractivity contribution in [3.8, 4) is 5.75 Å². The number of carbonyl (C=O) groups is 1. The Morgan fingerprint density at radius 2 is 2.04 bits per heavy atom. The quantitative estimate of drug-likeness (QED) is 0.871. The third kappa shape index (κ3) is 4.19. The summed E-state index contributed by atoms with van der Waals surface area (Å²) in [6.45, 7) is 4.88. The highest BCUT2D eigenvalue weighted by Crippen LogP contribution is 2.25. The summed E-state index contributed by atoms with van der Waals surface area (Å²) in [5, 5.41) is 5.51. The fourth-order valence-electron chi connectivity index (χ4n) is 3.20. The van der Waals surface area contributed by atoms with Crippen molar-refractivity contribution in [2.24, 2.45) is 0 Å². The van der Waals surface area contributed by atoms with Crippen LogP contribution < -0.4 is 10.1 Å². The van der Waals surface area contributed by atoms with E-state index in [9.17, 15) is 4.79 Å². The van der Waals surface area contributed by atoms with Crippen molar-refractivity contribution in [1.29, 1.82) is 0 Å². The molecule has 0 spiro atoms. The number of fused-ring (bicyclic) bond motifs is 1. The molecule has 1 amide bonds. The second-order valence-corrected chi connectivity index (χ2v) is 6.00. The number of rotatable bonds is 6. The summed E-state index contributed by atoms with van der Waals surface area (Å²) in [5.41, 5.74) is 0. The van der Waals surface area contributed by atoms with E-state index in [-0.39, 0.29) is 24.9 Å². The molecule has 1 aliphatic heterocycles. The van der Waals surface area contributed by atoms with Crippen LogP contribution in [0.1, 0.15) is 19.8 Å². The number of carbonyl (C=O) groups excluding carboxylic acids is 1. The molecule has 1 aliphatic rings. The number of nitrogens with one attached hydrogen (secondary N) is 1. The largest absolute Gasteiger partial charge is 0.483 e. The van der Waals surface area contributed by atoms with Crippen molar-refractivity contribution in [3.05, 3.63) is 42.5 Å². The molecule has 2 aromatic carbocycles. The lowest BCUT2D eigenvalue weighted by Crippen LogP contribution is -2.44. The fourth-order valence-corrected chi connectivity index (χ4v) is 3.20. The Labute approximate surface area is 149 Å². The second kappa shape index (κ2) is 8.90. The summed E-state index contributed by atoms with van der Waals surface area (Å²) in [4.78, 5) is 14.6. The van der Waals surface area contributed by atoms with Crippen LogP contribution in [-0.2, 0) is 4.79 Å². The fraction of sp³-hybridized carbons (Fsp3) is 0.421. The van der Waals surface area contributed by atoms with Crippen LogP contribution in [-0.4, -0.2) is 43.1 Å². The summed E-state index contributed by atoms with van der Waals surface area (Å²) >= 11 is 0. The van der Waals surface area contributed by atoms with Crippen molar-refractivity contribution < 1.29 is 9.53 Å². The molecule has 0 radical (unpaired) electrons. The summed E-state index contributed by atoms with van der Waals surface area (Å²) in [6.07, 6.45) is 2.00. The molecular weight excluding hydrogens is 324 g/mol. The highest BCUT2D eigenvalue weighted by Gasteiger charge is 2.26. The maximum atomic E-state index is 12.6. The average molecular weight is 349 g/mol. The maximum absolute atomic E-state index is 12.6. The molecule has 5 heteroatoms. The van der Waals surface area contributed by atoms with Gasteiger partial charge in [0.25, 0.3) is 5.91 Å². The molecule has 130 valence electrons. The van der Waals surface area contributed by atoms with E-state index >= 15 is 0 Å². The van der Waals surface area contributed by atoms with E-state index in [2.05, 4.69) is 24.4 Å². The van der Waals surface area contributed by atoms with Gasteiger partial charge in [0.1, 0.15) is 5.75 Å². The average Bonchev–Trinajstić information content (AvgIpc) is 3.11. The van der Waals surface area contributed by atoms with Gasteiger partial charge in [-0.25, -0.2) is 0 Å². The van der Waals surface area contributed by atoms with Crippen LogP contribution in [0.4, 0.5) is 0 Å². The van der Waals surface area contributed by atoms with Gasteiger partial charge in [0, 0.05) is 24.5 Å². The van der Waals surface area contributed by atoms with Crippen molar-refractivity contribution in [3.63, 3.8) is 0 Å². The van der Waals surface area contributed by atoms with Gasteiger partial charge >= 0.3 is 0 Å². The normalized spacial score (nSPS) is 16.6. The Bertz CT molecular complexity index is 666. The lowest BCUT2D eigenvalue weighted by Gasteiger charge is -2.28. The Kier molecular flexibility index (Phi) is 6.88. The van der Waals surface area contributed by atoms with E-state index in [4.69, 9.17) is 4.74 Å². The number of hydrogen-bond donors (Lipinski definition) is 1. The number of benzene rings is 2. The number of halogens is 1. The van der Waals surface area contributed by atoms with Crippen molar-refractivity contribution in [1.82, 2.24) is 10.2 Å². The number of hydrogen-bond acceptors (Lipinski definition) is 3. The lowest BCUT2D eigenvalue weighted by molar-refractivity contribution is -0.135. The molecule has 1 N–H and O–H groups in total. The molecular formula is C19H25ClN2O2. The molecule has 4 nitrogen and oxygen atoms in total. The molecule has 1 atom stereocenters. The lowest BCUT2D eigenvalue weighted by atomic mass is 10.1. The van der Waals surface area contributed by atoms with Gasteiger partial charge in [0.15, 0.2) is 6.61 Å². The van der Waals surface area contributed by atoms with Crippen LogP contribution in [0.3, 0.4) is 0 Å². The summed E-state index contributed by atoms with van der Waals surface area (Å²) in [7, 11) is 0. The SMILES string of the molecule is CCCN(C(=O)COc1cccc2ccccc12)C1CCNC1.Cl. The van der Waals surface area contributed by atoms with Crippen LogP contribution in [0.2, 0.25) is 0 Å². The van der Waals surface area contributed by atoms with Crippen LogP contribution >= 0.6 is 12.4 Å². The molecule has 1 unspecified atom stereocenters. The van der Waals surface area contributed by atoms with Gasteiger partial charge in [-0.3, -0.25) is 4.79 Å². The molecule has 0 bridgehead atoms. The minimum atomic E-state index is 0. The first-order chi connectivity index (χ1) is 11.3. The van der Waals surface area contributed by atoms with Gasteiger partial charge in [-0.15, -0.1) is 12.4 Å². The van der Waals surface area contributed by atoms with Crippen molar-refractivity contribution in [2.75, 3.05) is 26.2 Å². The minimum Gasteiger partial charge on any atom is -0.483 e. The van der Waals surface area contributed by atoms with E-state index in [0.717, 1.165) is 49.0 Å². The monoisotopic (exact) mass is 348 g/mol. The van der Waals surface area contributed by atoms with E-state index < -0.39 is 0 Å². The van der Waals surface area contributed by atoms with Crippen molar-refractivity contribution >= 4 is 29.1 Å². The van der Waals surface area contributed by atoms with E-state index in [1.54, 1.807) is 0 Å². The van der Waals surface area contributed by atoms with E-state index in [0.29, 0.717) is 6.04 Å². The summed E-state index contributed by atoms with van der Waals surface area (Å²) in [6, 6.07) is 14.3. The zero-order chi connectivity index (χ0) is 16.1. The number of ether oxygens (including phenoxy) is 1. The molecule has 3 rings (SSSR count). The maximum Gasteiger partial charge on any atom is 0.260 e. The highest BCUT2D eigenvalue weighted by atomic mass is 35.5. The zero-order valence-electron chi connectivity index (χ0n) is 14.0. The predicted octanol–water partition coefficient (Wildman–Crippen LogP) is 3.24. The molecule has 0 aromatic heterocycles. The molecule has 1 saturated heterocycles. The highest BCUT2D eigenvalue weighted by molar-refractivity contribution is 5.88. The number of amides is 1. The zero-order valence-corrected chi connectivity index (χ0v) is 14.8. The van der Waals surface area contributed by atoms with Gasteiger partial charge in [-0.1, -0.05) is 43.3 Å². The van der Waals surface area contributed by atoms with E-state index in [1.807, 2.05) is 35.2 Å². The Morgan fingerprint density at radius 1 is 1.25 bits per heavy atom. The van der Waals surface area contributed by atoms with Gasteiger partial charge in [0.05, 0.1) is 0 Å². The van der Waals surface area contributed by atoms with E-state index in [1.165, 1.54) is 0 Å². The first-order valence-electron chi connectivity index (χ1n) is 8.40. The topological polar surface area (TPSA) is 41.6 Å². The first kappa shape index (κ1) is 18.6. The van der Waals surface area contributed by atoms with Crippen LogP contribution in [0.25, 0.3) is 10.8 Å². The molecule has 24 heavy (non-hydrogen) atoms. The Morgan fingerprint density at radius 3 is 2.79 bits per heavy atom. The molecule has 0 aliphatic carbocycles. The van der Waals surface area contributed by atoms with Crippen molar-refractivity contribution in [2.45, 2.75) is 25.8 Å². The first-order valence-corrected chi connectivity index (χ1v) is 8.40. The molecule has 1 heterocycles. The Hall–Kier alpha value is -1.78. The molecule has 2 aromatic rings. The van der Waals surface area contributed by atoms with Gasteiger partial charge in [-0.2, -0.15) is 0 Å².